The lowest BCUT2D eigenvalue weighted by atomic mass is 10.7. The van der Waals surface area contributed by atoms with E-state index in [0.29, 0.717) is 4.73 Å². The summed E-state index contributed by atoms with van der Waals surface area (Å²) < 4.78 is 0.511. The molecule has 0 N–H and O–H groups in total. The number of azide groups is 1. The van der Waals surface area contributed by atoms with Gasteiger partial charge in [-0.25, -0.2) is 4.98 Å². The molecule has 0 radical (unpaired) electrons. The fourth-order valence-corrected chi connectivity index (χ4v) is 0.463. The van der Waals surface area contributed by atoms with Crippen LogP contribution in [0.2, 0.25) is 0 Å². The molecule has 1 heterocycles. The highest BCUT2D eigenvalue weighted by Gasteiger charge is 1.92. The molecule has 0 unspecified atom stereocenters. The molecule has 0 saturated carbocycles. The summed E-state index contributed by atoms with van der Waals surface area (Å²) in [6, 6.07) is 0. The highest BCUT2D eigenvalue weighted by molar-refractivity contribution is 5.17. The number of aromatic nitrogens is 2. The Morgan fingerprint density at radius 3 is 3.20 bits per heavy atom. The van der Waals surface area contributed by atoms with Crippen LogP contribution in [0.1, 0.15) is 0 Å². The Balaban J connectivity index is 3.06. The van der Waals surface area contributed by atoms with Crippen molar-refractivity contribution in [2.24, 2.45) is 5.11 Å². The van der Waals surface area contributed by atoms with Crippen molar-refractivity contribution in [2.75, 3.05) is 0 Å². The standard InChI is InChI=1S/C4H3N5O/c5-8-7-4-3-9(10)2-1-6-4/h1-3H. The van der Waals surface area contributed by atoms with Crippen LogP contribution < -0.4 is 4.73 Å². The van der Waals surface area contributed by atoms with Crippen molar-refractivity contribution in [3.8, 4) is 0 Å². The molecule has 10 heavy (non-hydrogen) atoms. The van der Waals surface area contributed by atoms with Gasteiger partial charge in [0, 0.05) is 4.91 Å². The Labute approximate surface area is 56.0 Å². The van der Waals surface area contributed by atoms with Crippen molar-refractivity contribution in [3.63, 3.8) is 0 Å². The molecule has 0 saturated heterocycles. The molecule has 0 aliphatic heterocycles. The first-order chi connectivity index (χ1) is 4.83. The van der Waals surface area contributed by atoms with Gasteiger partial charge >= 0.3 is 0 Å². The van der Waals surface area contributed by atoms with Gasteiger partial charge in [0.1, 0.15) is 0 Å². The third-order valence-electron chi connectivity index (χ3n) is 0.810. The Morgan fingerprint density at radius 2 is 2.60 bits per heavy atom. The molecule has 0 bridgehead atoms. The zero-order valence-corrected chi connectivity index (χ0v) is 4.88. The van der Waals surface area contributed by atoms with E-state index in [4.69, 9.17) is 5.53 Å². The molecule has 0 amide bonds. The number of hydrogen-bond acceptors (Lipinski definition) is 3. The third kappa shape index (κ3) is 1.33. The van der Waals surface area contributed by atoms with Gasteiger partial charge in [-0.2, -0.15) is 4.73 Å². The quantitative estimate of drug-likeness (QED) is 0.187. The summed E-state index contributed by atoms with van der Waals surface area (Å²) in [5, 5.41) is 13.6. The molecule has 0 spiro atoms. The monoisotopic (exact) mass is 137 g/mol. The van der Waals surface area contributed by atoms with Gasteiger partial charge in [0.05, 0.1) is 6.20 Å². The minimum absolute atomic E-state index is 0.0694. The van der Waals surface area contributed by atoms with Crippen LogP contribution in [-0.2, 0) is 0 Å². The van der Waals surface area contributed by atoms with E-state index in [0.717, 1.165) is 6.20 Å². The summed E-state index contributed by atoms with van der Waals surface area (Å²) in [7, 11) is 0. The lowest BCUT2D eigenvalue weighted by molar-refractivity contribution is -0.605. The van der Waals surface area contributed by atoms with Gasteiger partial charge in [-0.3, -0.25) is 0 Å². The van der Waals surface area contributed by atoms with Gasteiger partial charge in [0.15, 0.2) is 12.0 Å². The summed E-state index contributed by atoms with van der Waals surface area (Å²) in [5.41, 5.74) is 7.92. The van der Waals surface area contributed by atoms with E-state index >= 15 is 0 Å². The molecule has 1 rings (SSSR count). The second-order valence-electron chi connectivity index (χ2n) is 1.46. The lowest BCUT2D eigenvalue weighted by Crippen LogP contribution is -2.23. The Kier molecular flexibility index (Phi) is 1.67. The fourth-order valence-electron chi connectivity index (χ4n) is 0.463. The number of hydrogen-bond donors (Lipinski definition) is 0. The summed E-state index contributed by atoms with van der Waals surface area (Å²) in [4.78, 5) is 6.05. The Bertz CT molecular complexity index is 279. The summed E-state index contributed by atoms with van der Waals surface area (Å²) in [5.74, 6) is 0.0694. The normalized spacial score (nSPS) is 8.40. The van der Waals surface area contributed by atoms with Crippen LogP contribution in [0.15, 0.2) is 23.7 Å². The average molecular weight is 137 g/mol. The van der Waals surface area contributed by atoms with E-state index in [2.05, 4.69) is 15.0 Å². The second kappa shape index (κ2) is 2.65. The van der Waals surface area contributed by atoms with Gasteiger partial charge in [-0.1, -0.05) is 0 Å². The average Bonchev–Trinajstić information content (AvgIpc) is 1.88. The van der Waals surface area contributed by atoms with Crippen LogP contribution in [0.25, 0.3) is 10.4 Å². The van der Waals surface area contributed by atoms with E-state index in [9.17, 15) is 5.21 Å². The van der Waals surface area contributed by atoms with Crippen molar-refractivity contribution < 1.29 is 4.73 Å². The molecular weight excluding hydrogens is 134 g/mol. The van der Waals surface area contributed by atoms with E-state index < -0.39 is 0 Å². The highest BCUT2D eigenvalue weighted by atomic mass is 16.5. The van der Waals surface area contributed by atoms with E-state index in [1.165, 1.54) is 12.4 Å². The van der Waals surface area contributed by atoms with Crippen LogP contribution >= 0.6 is 0 Å². The zero-order valence-electron chi connectivity index (χ0n) is 4.88. The minimum atomic E-state index is 0.0694. The highest BCUT2D eigenvalue weighted by Crippen LogP contribution is 1.99. The van der Waals surface area contributed by atoms with Crippen LogP contribution in [0.5, 0.6) is 0 Å². The smallest absolute Gasteiger partial charge is 0.208 e. The Hall–Kier alpha value is -1.81. The van der Waals surface area contributed by atoms with E-state index in [1.54, 1.807) is 0 Å². The first-order valence-electron chi connectivity index (χ1n) is 2.43. The molecule has 1 aromatic rings. The SMILES string of the molecule is [N-]=[N+]=Nc1c[n+]([O-])ccn1. The predicted octanol–water partition coefficient (Wildman–Crippen LogP) is 0.657. The number of rotatable bonds is 1. The second-order valence-corrected chi connectivity index (χ2v) is 1.46. The van der Waals surface area contributed by atoms with Crippen molar-refractivity contribution in [2.45, 2.75) is 0 Å². The van der Waals surface area contributed by atoms with Gasteiger partial charge in [0.25, 0.3) is 0 Å². The first-order valence-corrected chi connectivity index (χ1v) is 2.43. The van der Waals surface area contributed by atoms with E-state index in [1.807, 2.05) is 0 Å². The molecule has 6 nitrogen and oxygen atoms in total. The van der Waals surface area contributed by atoms with Crippen molar-refractivity contribution in [3.05, 3.63) is 34.2 Å². The van der Waals surface area contributed by atoms with Crippen LogP contribution in [-0.4, -0.2) is 4.98 Å². The van der Waals surface area contributed by atoms with Gasteiger partial charge in [-0.15, -0.1) is 0 Å². The zero-order chi connectivity index (χ0) is 7.40. The Morgan fingerprint density at radius 1 is 1.80 bits per heavy atom. The molecule has 0 aliphatic carbocycles. The summed E-state index contributed by atoms with van der Waals surface area (Å²) in [6.45, 7) is 0. The van der Waals surface area contributed by atoms with Gasteiger partial charge < -0.3 is 5.21 Å². The molecule has 6 heteroatoms. The molecule has 0 aliphatic rings. The van der Waals surface area contributed by atoms with Crippen LogP contribution in [0.4, 0.5) is 5.82 Å². The predicted molar refractivity (Wildman–Crippen MR) is 32.0 cm³/mol. The van der Waals surface area contributed by atoms with Crippen LogP contribution in [0, 0.1) is 5.21 Å². The molecule has 1 aromatic heterocycles. The maximum absolute atomic E-state index is 10.5. The summed E-state index contributed by atoms with van der Waals surface area (Å²) >= 11 is 0. The van der Waals surface area contributed by atoms with Crippen molar-refractivity contribution in [1.82, 2.24) is 4.98 Å². The van der Waals surface area contributed by atoms with Crippen LogP contribution in [0.3, 0.4) is 0 Å². The molecule has 50 valence electrons. The largest absolute Gasteiger partial charge is 0.619 e. The van der Waals surface area contributed by atoms with Gasteiger partial charge in [0.2, 0.25) is 6.20 Å². The maximum atomic E-state index is 10.5. The molecule has 0 aromatic carbocycles. The third-order valence-corrected chi connectivity index (χ3v) is 0.810. The van der Waals surface area contributed by atoms with Crippen molar-refractivity contribution in [1.29, 1.82) is 0 Å². The molecule has 0 fully saturated rings. The number of nitrogens with zero attached hydrogens (tertiary/aromatic N) is 5. The van der Waals surface area contributed by atoms with Crippen molar-refractivity contribution >= 4 is 5.82 Å². The summed E-state index contributed by atoms with van der Waals surface area (Å²) in [6.07, 6.45) is 3.55. The minimum Gasteiger partial charge on any atom is -0.619 e. The fraction of sp³-hybridized carbons (Fsp3) is 0. The van der Waals surface area contributed by atoms with E-state index in [-0.39, 0.29) is 5.82 Å². The van der Waals surface area contributed by atoms with Gasteiger partial charge in [-0.05, 0) is 10.6 Å². The molecular formula is C4H3N5O. The molecule has 0 atom stereocenters. The topological polar surface area (TPSA) is 88.6 Å². The lowest BCUT2D eigenvalue weighted by Gasteiger charge is -1.91. The first kappa shape index (κ1) is 6.31. The maximum Gasteiger partial charge on any atom is 0.208 e.